The van der Waals surface area contributed by atoms with Gasteiger partial charge in [-0.1, -0.05) is 0 Å². The third kappa shape index (κ3) is 2.90. The maximum Gasteiger partial charge on any atom is 0.471 e. The van der Waals surface area contributed by atoms with Crippen LogP contribution in [-0.4, -0.2) is 30.6 Å². The average Bonchev–Trinajstić information content (AvgIpc) is 2.45. The predicted molar refractivity (Wildman–Crippen MR) is 40.2 cm³/mol. The van der Waals surface area contributed by atoms with E-state index in [9.17, 15) is 22.8 Å². The van der Waals surface area contributed by atoms with E-state index >= 15 is 0 Å². The fourth-order valence-electron chi connectivity index (χ4n) is 1.15. The molecule has 1 aliphatic heterocycles. The van der Waals surface area contributed by atoms with Gasteiger partial charge < -0.3 is 10.6 Å². The van der Waals surface area contributed by atoms with Gasteiger partial charge in [0.2, 0.25) is 5.91 Å². The smallest absolute Gasteiger partial charge is 0.352 e. The Morgan fingerprint density at radius 1 is 1.57 bits per heavy atom. The van der Waals surface area contributed by atoms with Gasteiger partial charge in [-0.3, -0.25) is 9.59 Å². The largest absolute Gasteiger partial charge is 0.471 e. The fraction of sp³-hybridized carbons (Fsp3) is 0.714. The van der Waals surface area contributed by atoms with Gasteiger partial charge in [0.15, 0.2) is 0 Å². The Bertz CT molecular complexity index is 252. The summed E-state index contributed by atoms with van der Waals surface area (Å²) in [5, 5.41) is 4.15. The molecule has 0 aromatic carbocycles. The molecule has 1 atom stereocenters. The van der Waals surface area contributed by atoms with E-state index in [1.807, 2.05) is 0 Å². The minimum Gasteiger partial charge on any atom is -0.352 e. The molecule has 2 amide bonds. The van der Waals surface area contributed by atoms with E-state index in [0.717, 1.165) is 0 Å². The standard InChI is InChI=1S/C7H9F3N2O2/c8-7(9,10)6(14)11-3-4-1-2-5(13)12-4/h4H,1-3H2,(H,11,14)(H,12,13). The highest BCUT2D eigenvalue weighted by atomic mass is 19.4. The monoisotopic (exact) mass is 210 g/mol. The summed E-state index contributed by atoms with van der Waals surface area (Å²) >= 11 is 0. The number of hydrogen-bond donors (Lipinski definition) is 2. The summed E-state index contributed by atoms with van der Waals surface area (Å²) in [6.07, 6.45) is -4.11. The lowest BCUT2D eigenvalue weighted by molar-refractivity contribution is -0.173. The highest BCUT2D eigenvalue weighted by molar-refractivity contribution is 5.82. The highest BCUT2D eigenvalue weighted by Crippen LogP contribution is 2.14. The molecule has 0 saturated carbocycles. The Kier molecular flexibility index (Phi) is 2.97. The molecule has 0 aromatic heterocycles. The van der Waals surface area contributed by atoms with Crippen molar-refractivity contribution in [1.29, 1.82) is 0 Å². The molecule has 2 N–H and O–H groups in total. The van der Waals surface area contributed by atoms with E-state index in [1.54, 1.807) is 5.32 Å². The van der Waals surface area contributed by atoms with Crippen LogP contribution in [0.2, 0.25) is 0 Å². The first-order chi connectivity index (χ1) is 6.39. The number of hydrogen-bond acceptors (Lipinski definition) is 2. The molecular formula is C7H9F3N2O2. The molecule has 0 spiro atoms. The molecule has 7 heteroatoms. The molecule has 0 aromatic rings. The van der Waals surface area contributed by atoms with Crippen molar-refractivity contribution in [2.75, 3.05) is 6.54 Å². The fourth-order valence-corrected chi connectivity index (χ4v) is 1.15. The SMILES string of the molecule is O=C1CCC(CNC(=O)C(F)(F)F)N1. The Labute approximate surface area is 77.8 Å². The summed E-state index contributed by atoms with van der Waals surface area (Å²) in [5.74, 6) is -2.17. The molecule has 1 unspecified atom stereocenters. The van der Waals surface area contributed by atoms with E-state index in [2.05, 4.69) is 5.32 Å². The van der Waals surface area contributed by atoms with E-state index < -0.39 is 12.1 Å². The predicted octanol–water partition coefficient (Wildman–Crippen LogP) is -0.0565. The summed E-state index contributed by atoms with van der Waals surface area (Å²) in [7, 11) is 0. The van der Waals surface area contributed by atoms with Gasteiger partial charge in [0.1, 0.15) is 0 Å². The van der Waals surface area contributed by atoms with Crippen LogP contribution >= 0.6 is 0 Å². The molecule has 1 saturated heterocycles. The van der Waals surface area contributed by atoms with Gasteiger partial charge >= 0.3 is 12.1 Å². The third-order valence-electron chi connectivity index (χ3n) is 1.85. The van der Waals surface area contributed by atoms with E-state index in [4.69, 9.17) is 0 Å². The van der Waals surface area contributed by atoms with E-state index in [1.165, 1.54) is 0 Å². The van der Waals surface area contributed by atoms with Crippen molar-refractivity contribution in [3.8, 4) is 0 Å². The van der Waals surface area contributed by atoms with Gasteiger partial charge in [-0.2, -0.15) is 13.2 Å². The van der Waals surface area contributed by atoms with Crippen LogP contribution in [-0.2, 0) is 9.59 Å². The third-order valence-corrected chi connectivity index (χ3v) is 1.85. The molecule has 0 aliphatic carbocycles. The van der Waals surface area contributed by atoms with Crippen LogP contribution in [0.5, 0.6) is 0 Å². The Hall–Kier alpha value is -1.27. The minimum atomic E-state index is -4.86. The number of rotatable bonds is 2. The Morgan fingerprint density at radius 3 is 2.64 bits per heavy atom. The molecule has 1 fully saturated rings. The zero-order valence-electron chi connectivity index (χ0n) is 7.15. The van der Waals surface area contributed by atoms with Crippen molar-refractivity contribution in [2.45, 2.75) is 25.1 Å². The molecule has 14 heavy (non-hydrogen) atoms. The second-order valence-corrected chi connectivity index (χ2v) is 3.01. The average molecular weight is 210 g/mol. The molecule has 1 aliphatic rings. The van der Waals surface area contributed by atoms with Crippen molar-refractivity contribution in [3.63, 3.8) is 0 Å². The summed E-state index contributed by atoms with van der Waals surface area (Å²) < 4.78 is 35.1. The van der Waals surface area contributed by atoms with Gasteiger partial charge in [-0.15, -0.1) is 0 Å². The number of amides is 2. The maximum absolute atomic E-state index is 11.7. The molecule has 0 radical (unpaired) electrons. The molecular weight excluding hydrogens is 201 g/mol. The van der Waals surface area contributed by atoms with Crippen molar-refractivity contribution < 1.29 is 22.8 Å². The first-order valence-corrected chi connectivity index (χ1v) is 4.04. The van der Waals surface area contributed by atoms with Gasteiger partial charge in [-0.05, 0) is 6.42 Å². The Balaban J connectivity index is 2.28. The van der Waals surface area contributed by atoms with Crippen LogP contribution in [0.25, 0.3) is 0 Å². The van der Waals surface area contributed by atoms with Crippen LogP contribution in [0, 0.1) is 0 Å². The molecule has 4 nitrogen and oxygen atoms in total. The van der Waals surface area contributed by atoms with Crippen LogP contribution < -0.4 is 10.6 Å². The van der Waals surface area contributed by atoms with Crippen molar-refractivity contribution in [1.82, 2.24) is 10.6 Å². The lowest BCUT2D eigenvalue weighted by atomic mass is 10.2. The Morgan fingerprint density at radius 2 is 2.21 bits per heavy atom. The molecule has 1 rings (SSSR count). The molecule has 80 valence electrons. The molecule has 1 heterocycles. The van der Waals surface area contributed by atoms with Crippen molar-refractivity contribution >= 4 is 11.8 Å². The van der Waals surface area contributed by atoms with Crippen LogP contribution in [0.1, 0.15) is 12.8 Å². The lowest BCUT2D eigenvalue weighted by Crippen LogP contribution is -2.43. The number of carbonyl (C=O) groups excluding carboxylic acids is 2. The minimum absolute atomic E-state index is 0.177. The maximum atomic E-state index is 11.7. The summed E-state index contributed by atoms with van der Waals surface area (Å²) in [6.45, 7) is -0.177. The number of nitrogens with one attached hydrogen (secondary N) is 2. The summed E-state index contributed by atoms with van der Waals surface area (Å²) in [5.41, 5.74) is 0. The number of carbonyl (C=O) groups is 2. The zero-order chi connectivity index (χ0) is 10.8. The quantitative estimate of drug-likeness (QED) is 0.671. The number of halogens is 3. The van der Waals surface area contributed by atoms with Crippen LogP contribution in [0.15, 0.2) is 0 Å². The summed E-state index contributed by atoms with van der Waals surface area (Å²) in [6, 6.07) is -0.381. The topological polar surface area (TPSA) is 58.2 Å². The van der Waals surface area contributed by atoms with Crippen molar-refractivity contribution in [3.05, 3.63) is 0 Å². The first kappa shape index (κ1) is 10.8. The van der Waals surface area contributed by atoms with Gasteiger partial charge in [0.25, 0.3) is 0 Å². The van der Waals surface area contributed by atoms with Gasteiger partial charge in [-0.25, -0.2) is 0 Å². The lowest BCUT2D eigenvalue weighted by Gasteiger charge is -2.12. The second kappa shape index (κ2) is 3.85. The normalized spacial score (nSPS) is 21.9. The highest BCUT2D eigenvalue weighted by Gasteiger charge is 2.38. The van der Waals surface area contributed by atoms with Crippen molar-refractivity contribution in [2.24, 2.45) is 0 Å². The van der Waals surface area contributed by atoms with Gasteiger partial charge in [0.05, 0.1) is 0 Å². The second-order valence-electron chi connectivity index (χ2n) is 3.01. The summed E-state index contributed by atoms with van der Waals surface area (Å²) in [4.78, 5) is 21.0. The van der Waals surface area contributed by atoms with Crippen LogP contribution in [0.3, 0.4) is 0 Å². The zero-order valence-corrected chi connectivity index (χ0v) is 7.15. The first-order valence-electron chi connectivity index (χ1n) is 4.04. The van der Waals surface area contributed by atoms with E-state index in [0.29, 0.717) is 12.8 Å². The van der Waals surface area contributed by atoms with E-state index in [-0.39, 0.29) is 18.5 Å². The molecule has 0 bridgehead atoms. The van der Waals surface area contributed by atoms with Crippen LogP contribution in [0.4, 0.5) is 13.2 Å². The van der Waals surface area contributed by atoms with Gasteiger partial charge in [0, 0.05) is 19.0 Å². The number of alkyl halides is 3.